The molecule has 1 aliphatic heterocycles. The molecule has 2 atom stereocenters. The minimum Gasteiger partial charge on any atom is -0.444 e. The number of carbonyl (C=O) groups excluding carboxylic acids is 4. The summed E-state index contributed by atoms with van der Waals surface area (Å²) in [7, 11) is 0. The van der Waals surface area contributed by atoms with Crippen LogP contribution in [0.4, 0.5) is 44.9 Å². The molecule has 5 amide bonds. The van der Waals surface area contributed by atoms with Gasteiger partial charge in [0.1, 0.15) is 28.4 Å². The second-order valence-corrected chi connectivity index (χ2v) is 14.8. The molecule has 0 bridgehead atoms. The third kappa shape index (κ3) is 9.22. The first kappa shape index (κ1) is 38.0. The van der Waals surface area contributed by atoms with Crippen molar-refractivity contribution < 1.29 is 41.8 Å². The Morgan fingerprint density at radius 3 is 1.64 bits per heavy atom. The lowest BCUT2D eigenvalue weighted by Crippen LogP contribution is -2.55. The maximum absolute atomic E-state index is 14.7. The van der Waals surface area contributed by atoms with Crippen molar-refractivity contribution in [2.45, 2.75) is 94.4 Å². The Morgan fingerprint density at radius 2 is 1.24 bits per heavy atom. The molecule has 0 radical (unpaired) electrons. The second-order valence-electron chi connectivity index (χ2n) is 13.6. The Hall–Kier alpha value is -4.86. The van der Waals surface area contributed by atoms with Crippen molar-refractivity contribution in [2.24, 2.45) is 0 Å². The molecule has 50 heavy (non-hydrogen) atoms. The van der Waals surface area contributed by atoms with Crippen molar-refractivity contribution in [1.29, 1.82) is 0 Å². The zero-order valence-electron chi connectivity index (χ0n) is 28.8. The normalized spacial score (nSPS) is 17.9. The number of hydrogen-bond acceptors (Lipinski definition) is 9. The Balaban J connectivity index is 1.76. The molecule has 0 saturated carbocycles. The van der Waals surface area contributed by atoms with Gasteiger partial charge in [-0.05, 0) is 113 Å². The molecule has 1 saturated heterocycles. The highest BCUT2D eigenvalue weighted by Gasteiger charge is 2.58. The number of pyridine rings is 2. The van der Waals surface area contributed by atoms with Gasteiger partial charge in [-0.2, -0.15) is 13.2 Å². The molecule has 3 heterocycles. The number of aromatic nitrogens is 2. The first-order valence-corrected chi connectivity index (χ1v) is 16.3. The fraction of sp³-hybridized carbons (Fsp3) is 0.412. The smallest absolute Gasteiger partial charge is 0.444 e. The SMILES string of the molecule is CC(c1ccnc(NC(=O)OC(C)(C)C)c1)C1(C(C)c2ccnc(NC(=O)OC(C)(C)C)c2)NC(=O)N(c2ccc(SC(F)(F)F)cc2)C1=O. The summed E-state index contributed by atoms with van der Waals surface area (Å²) in [5.74, 6) is -2.01. The number of imide groups is 1. The summed E-state index contributed by atoms with van der Waals surface area (Å²) in [6, 6.07) is 10.5. The molecule has 3 N–H and O–H groups in total. The summed E-state index contributed by atoms with van der Waals surface area (Å²) in [5, 5.41) is 8.04. The van der Waals surface area contributed by atoms with Crippen LogP contribution in [0.1, 0.15) is 78.4 Å². The first-order valence-electron chi connectivity index (χ1n) is 15.5. The fourth-order valence-corrected chi connectivity index (χ4v) is 6.01. The Morgan fingerprint density at radius 1 is 0.800 bits per heavy atom. The third-order valence-corrected chi connectivity index (χ3v) is 8.33. The van der Waals surface area contributed by atoms with Gasteiger partial charge in [-0.3, -0.25) is 15.4 Å². The van der Waals surface area contributed by atoms with Crippen LogP contribution in [0.15, 0.2) is 65.8 Å². The third-order valence-electron chi connectivity index (χ3n) is 7.59. The maximum atomic E-state index is 14.7. The van der Waals surface area contributed by atoms with E-state index in [1.165, 1.54) is 36.7 Å². The van der Waals surface area contributed by atoms with Crippen LogP contribution in [-0.2, 0) is 14.3 Å². The Labute approximate surface area is 291 Å². The summed E-state index contributed by atoms with van der Waals surface area (Å²) < 4.78 is 49.6. The van der Waals surface area contributed by atoms with Crippen LogP contribution in [0, 0.1) is 0 Å². The number of amides is 5. The lowest BCUT2D eigenvalue weighted by atomic mass is 9.70. The average Bonchev–Trinajstić information content (AvgIpc) is 3.24. The number of nitrogens with zero attached hydrogens (tertiary/aromatic N) is 3. The number of thioether (sulfide) groups is 1. The maximum Gasteiger partial charge on any atom is 0.446 e. The summed E-state index contributed by atoms with van der Waals surface area (Å²) in [6.45, 7) is 13.7. The van der Waals surface area contributed by atoms with Gasteiger partial charge >= 0.3 is 23.7 Å². The van der Waals surface area contributed by atoms with Gasteiger partial charge in [0.05, 0.1) is 5.69 Å². The van der Waals surface area contributed by atoms with Crippen molar-refractivity contribution in [3.05, 3.63) is 72.1 Å². The zero-order chi connectivity index (χ0) is 37.2. The fourth-order valence-electron chi connectivity index (χ4n) is 5.47. The van der Waals surface area contributed by atoms with E-state index in [0.29, 0.717) is 11.1 Å². The molecule has 12 nitrogen and oxygen atoms in total. The van der Waals surface area contributed by atoms with Gasteiger partial charge < -0.3 is 14.8 Å². The number of alkyl halides is 3. The van der Waals surface area contributed by atoms with Gasteiger partial charge in [0.2, 0.25) is 0 Å². The van der Waals surface area contributed by atoms with Gasteiger partial charge in [0.25, 0.3) is 5.91 Å². The highest BCUT2D eigenvalue weighted by molar-refractivity contribution is 8.00. The quantitative estimate of drug-likeness (QED) is 0.155. The average molecular weight is 717 g/mol. The standard InChI is InChI=1S/C34H39F3N6O6S/c1-19(21-13-15-38-25(17-21)40-29(46)48-31(3,4)5)33(20(2)22-14-16-39-26(18-22)41-30(47)49-32(6,7)8)27(44)43(28(45)42-33)23-9-11-24(12-10-23)50-34(35,36)37/h9-20H,1-8H3,(H,42,45)(H,38,40,46)(H,39,41,47). The van der Waals surface area contributed by atoms with E-state index in [4.69, 9.17) is 9.47 Å². The summed E-state index contributed by atoms with van der Waals surface area (Å²) >= 11 is -0.319. The van der Waals surface area contributed by atoms with E-state index in [-0.39, 0.29) is 34.0 Å². The predicted molar refractivity (Wildman–Crippen MR) is 182 cm³/mol. The van der Waals surface area contributed by atoms with Crippen LogP contribution in [0.25, 0.3) is 0 Å². The number of nitrogens with one attached hydrogen (secondary N) is 3. The van der Waals surface area contributed by atoms with E-state index in [9.17, 15) is 32.3 Å². The lowest BCUT2D eigenvalue weighted by molar-refractivity contribution is -0.123. The summed E-state index contributed by atoms with van der Waals surface area (Å²) in [6.07, 6.45) is 1.37. The van der Waals surface area contributed by atoms with Gasteiger partial charge in [-0.25, -0.2) is 29.3 Å². The summed E-state index contributed by atoms with van der Waals surface area (Å²) in [5.41, 5.74) is -6.70. The topological polar surface area (TPSA) is 152 Å². The van der Waals surface area contributed by atoms with Gasteiger partial charge in [-0.1, -0.05) is 13.8 Å². The van der Waals surface area contributed by atoms with Gasteiger partial charge in [-0.15, -0.1) is 0 Å². The number of anilines is 3. The molecule has 16 heteroatoms. The van der Waals surface area contributed by atoms with E-state index >= 15 is 0 Å². The largest absolute Gasteiger partial charge is 0.446 e. The lowest BCUT2D eigenvalue weighted by Gasteiger charge is -2.39. The minimum atomic E-state index is -4.52. The summed E-state index contributed by atoms with van der Waals surface area (Å²) in [4.78, 5) is 62.6. The van der Waals surface area contributed by atoms with Crippen molar-refractivity contribution in [1.82, 2.24) is 15.3 Å². The number of benzene rings is 1. The molecule has 1 aromatic carbocycles. The van der Waals surface area contributed by atoms with Crippen molar-refractivity contribution in [2.75, 3.05) is 15.5 Å². The molecule has 3 aromatic rings. The van der Waals surface area contributed by atoms with E-state index in [1.54, 1.807) is 79.7 Å². The second kappa shape index (κ2) is 14.2. The Kier molecular flexibility index (Phi) is 10.8. The van der Waals surface area contributed by atoms with E-state index in [1.807, 2.05) is 0 Å². The molecule has 1 fully saturated rings. The van der Waals surface area contributed by atoms with Crippen LogP contribution < -0.4 is 20.9 Å². The van der Waals surface area contributed by atoms with Gasteiger partial charge in [0.15, 0.2) is 0 Å². The molecule has 0 aliphatic carbocycles. The van der Waals surface area contributed by atoms with Crippen molar-refractivity contribution in [3.8, 4) is 0 Å². The molecule has 0 spiro atoms. The van der Waals surface area contributed by atoms with E-state index in [2.05, 4.69) is 25.9 Å². The zero-order valence-corrected chi connectivity index (χ0v) is 29.6. The number of rotatable bonds is 8. The van der Waals surface area contributed by atoms with E-state index in [0.717, 1.165) is 4.90 Å². The predicted octanol–water partition coefficient (Wildman–Crippen LogP) is 8.18. The molecule has 268 valence electrons. The number of urea groups is 1. The monoisotopic (exact) mass is 716 g/mol. The molecule has 2 unspecified atom stereocenters. The highest BCUT2D eigenvalue weighted by Crippen LogP contribution is 2.46. The molecule has 1 aliphatic rings. The van der Waals surface area contributed by atoms with E-state index < -0.39 is 58.2 Å². The van der Waals surface area contributed by atoms with Crippen LogP contribution in [0.3, 0.4) is 0 Å². The highest BCUT2D eigenvalue weighted by atomic mass is 32.2. The first-order chi connectivity index (χ1) is 23.1. The molecular weight excluding hydrogens is 677 g/mol. The molecule has 4 rings (SSSR count). The Bertz CT molecular complexity index is 1680. The van der Waals surface area contributed by atoms with Crippen LogP contribution >= 0.6 is 11.8 Å². The minimum absolute atomic E-state index is 0.0596. The van der Waals surface area contributed by atoms with Gasteiger partial charge in [0, 0.05) is 29.1 Å². The number of carbonyl (C=O) groups is 4. The molecular formula is C34H39F3N6O6S. The molecule has 2 aromatic heterocycles. The van der Waals surface area contributed by atoms with Crippen molar-refractivity contribution in [3.63, 3.8) is 0 Å². The van der Waals surface area contributed by atoms with Crippen LogP contribution in [0.2, 0.25) is 0 Å². The number of ether oxygens (including phenoxy) is 2. The van der Waals surface area contributed by atoms with Crippen molar-refractivity contribution >= 4 is 53.2 Å². The number of hydrogen-bond donors (Lipinski definition) is 3. The van der Waals surface area contributed by atoms with Crippen LogP contribution in [0.5, 0.6) is 0 Å². The number of halogens is 3. The van der Waals surface area contributed by atoms with Crippen LogP contribution in [-0.4, -0.2) is 56.3 Å².